The molecule has 0 unspecified atom stereocenters. The molecule has 3 heterocycles. The Morgan fingerprint density at radius 1 is 1.50 bits per heavy atom. The minimum absolute atomic E-state index is 0. The van der Waals surface area contributed by atoms with Crippen molar-refractivity contribution in [3.05, 3.63) is 35.4 Å². The van der Waals surface area contributed by atoms with Crippen molar-refractivity contribution in [1.29, 1.82) is 0 Å². The molecule has 1 N–H and O–H groups in total. The number of thioether (sulfide) groups is 1. The van der Waals surface area contributed by atoms with Crippen LogP contribution in [0.2, 0.25) is 0 Å². The van der Waals surface area contributed by atoms with Gasteiger partial charge in [-0.15, -0.1) is 11.8 Å². The van der Waals surface area contributed by atoms with E-state index in [9.17, 15) is 24.3 Å². The zero-order valence-corrected chi connectivity index (χ0v) is 17.8. The van der Waals surface area contributed by atoms with Crippen LogP contribution in [0, 0.1) is 0 Å². The van der Waals surface area contributed by atoms with Crippen molar-refractivity contribution in [3.63, 3.8) is 0 Å². The molecule has 9 nitrogen and oxygen atoms in total. The van der Waals surface area contributed by atoms with Gasteiger partial charge in [-0.3, -0.25) is 19.3 Å². The van der Waals surface area contributed by atoms with Crippen LogP contribution in [0.4, 0.5) is 4.39 Å². The van der Waals surface area contributed by atoms with Crippen molar-refractivity contribution in [3.8, 4) is 0 Å². The van der Waals surface area contributed by atoms with Gasteiger partial charge in [0.1, 0.15) is 17.7 Å². The first-order valence-electron chi connectivity index (χ1n) is 7.78. The van der Waals surface area contributed by atoms with Crippen LogP contribution in [0.25, 0.3) is 0 Å². The molecule has 0 spiro atoms. The number of aliphatic carboxylic acids is 1. The number of carbonyl (C=O) groups excluding carboxylic acids is 4. The van der Waals surface area contributed by atoms with Crippen molar-refractivity contribution >= 4 is 35.5 Å². The monoisotopic (exact) mass is 420 g/mol. The number of carbonyl (C=O) groups is 4. The first-order chi connectivity index (χ1) is 12.7. The van der Waals surface area contributed by atoms with E-state index in [2.05, 4.69) is 0 Å². The standard InChI is InChI=1S/C16H15FN2O7S.Na/c1-8(20)26-6-9-7-27-15-16(17,14(24)19(15)12(9)13(22)23)18-11(21)5-10-3-2-4-25-10;/h2-4,15H,5-7H2,1H3,(H,18,21)(H,22,23);/q;+1/p-1/t15-,16-;/m1./s1. The number of furan rings is 1. The molecule has 28 heavy (non-hydrogen) atoms. The summed E-state index contributed by atoms with van der Waals surface area (Å²) >= 11 is 0.906. The third-order valence-corrected chi connectivity index (χ3v) is 5.34. The zero-order valence-electron chi connectivity index (χ0n) is 15.0. The van der Waals surface area contributed by atoms with Crippen molar-refractivity contribution in [2.45, 2.75) is 24.5 Å². The maximum absolute atomic E-state index is 15.1. The summed E-state index contributed by atoms with van der Waals surface area (Å²) in [7, 11) is 0. The molecular weight excluding hydrogens is 406 g/mol. The van der Waals surface area contributed by atoms with E-state index in [0.717, 1.165) is 18.7 Å². The summed E-state index contributed by atoms with van der Waals surface area (Å²) in [5.41, 5.74) is -0.428. The molecule has 144 valence electrons. The summed E-state index contributed by atoms with van der Waals surface area (Å²) in [5, 5.41) is 12.2. The molecule has 0 aromatic carbocycles. The minimum atomic E-state index is -2.75. The number of rotatable bonds is 6. The zero-order chi connectivity index (χ0) is 19.8. The number of alkyl halides is 1. The molecule has 2 atom stereocenters. The molecule has 2 aliphatic heterocycles. The SMILES string of the molecule is CC(=O)OCC1=C(C(=O)[O-])N2C(=O)[C@@](F)(NC(=O)Cc3ccco3)[C@H]2SC1.[Na+]. The number of esters is 1. The molecule has 0 saturated carbocycles. The summed E-state index contributed by atoms with van der Waals surface area (Å²) in [6, 6.07) is 3.08. The first kappa shape index (κ1) is 22.5. The van der Waals surface area contributed by atoms with Gasteiger partial charge in [-0.1, -0.05) is 0 Å². The van der Waals surface area contributed by atoms with Gasteiger partial charge in [-0.25, -0.2) is 4.39 Å². The van der Waals surface area contributed by atoms with E-state index in [0.29, 0.717) is 4.90 Å². The molecule has 1 fully saturated rings. The average molecular weight is 420 g/mol. The molecule has 0 radical (unpaired) electrons. The van der Waals surface area contributed by atoms with E-state index in [-0.39, 0.29) is 59.7 Å². The van der Waals surface area contributed by atoms with Crippen LogP contribution in [0.15, 0.2) is 34.1 Å². The van der Waals surface area contributed by atoms with Gasteiger partial charge in [-0.2, -0.15) is 0 Å². The van der Waals surface area contributed by atoms with Crippen molar-refractivity contribution in [1.82, 2.24) is 10.2 Å². The fourth-order valence-electron chi connectivity index (χ4n) is 2.80. The molecule has 2 amide bonds. The number of hydrogen-bond donors (Lipinski definition) is 1. The third kappa shape index (κ3) is 4.12. The third-order valence-electron chi connectivity index (χ3n) is 3.98. The fourth-order valence-corrected chi connectivity index (χ4v) is 4.12. The Morgan fingerprint density at radius 2 is 2.21 bits per heavy atom. The predicted octanol–water partition coefficient (Wildman–Crippen LogP) is -3.91. The average Bonchev–Trinajstić information content (AvgIpc) is 3.11. The Morgan fingerprint density at radius 3 is 2.79 bits per heavy atom. The van der Waals surface area contributed by atoms with Gasteiger partial charge in [0.05, 0.1) is 24.4 Å². The van der Waals surface area contributed by atoms with Gasteiger partial charge in [0, 0.05) is 18.2 Å². The minimum Gasteiger partial charge on any atom is -0.543 e. The second-order valence-electron chi connectivity index (χ2n) is 5.87. The topological polar surface area (TPSA) is 129 Å². The second kappa shape index (κ2) is 8.68. The number of halogens is 1. The Kier molecular flexibility index (Phi) is 6.97. The summed E-state index contributed by atoms with van der Waals surface area (Å²) in [4.78, 5) is 47.4. The Balaban J connectivity index is 0.00000280. The summed E-state index contributed by atoms with van der Waals surface area (Å²) in [6.45, 7) is 0.792. The largest absolute Gasteiger partial charge is 1.00 e. The number of carboxylic acids is 1. The summed E-state index contributed by atoms with van der Waals surface area (Å²) < 4.78 is 24.9. The van der Waals surface area contributed by atoms with E-state index < -0.39 is 40.6 Å². The molecule has 1 aromatic rings. The van der Waals surface area contributed by atoms with E-state index >= 15 is 4.39 Å². The fraction of sp³-hybridized carbons (Fsp3) is 0.375. The van der Waals surface area contributed by atoms with Gasteiger partial charge in [-0.05, 0) is 12.1 Å². The van der Waals surface area contributed by atoms with Crippen LogP contribution in [0.1, 0.15) is 12.7 Å². The van der Waals surface area contributed by atoms with E-state index in [1.54, 1.807) is 6.07 Å². The Bertz CT molecular complexity index is 844. The maximum atomic E-state index is 15.1. The second-order valence-corrected chi connectivity index (χ2v) is 6.94. The van der Waals surface area contributed by atoms with Gasteiger partial charge in [0.15, 0.2) is 0 Å². The molecule has 3 rings (SSSR count). The molecule has 1 saturated heterocycles. The van der Waals surface area contributed by atoms with E-state index in [1.165, 1.54) is 12.3 Å². The number of β-lactam (4-membered cyclic amide) rings is 1. The molecule has 0 aliphatic carbocycles. The van der Waals surface area contributed by atoms with Crippen LogP contribution in [-0.2, 0) is 30.3 Å². The number of nitrogens with zero attached hydrogens (tertiary/aromatic N) is 1. The predicted molar refractivity (Wildman–Crippen MR) is 86.2 cm³/mol. The summed E-state index contributed by atoms with van der Waals surface area (Å²) in [5.74, 6) is -6.81. The Hall–Kier alpha value is -1.82. The normalized spacial score (nSPS) is 23.3. The molecule has 12 heteroatoms. The smallest absolute Gasteiger partial charge is 0.543 e. The number of hydrogen-bond acceptors (Lipinski definition) is 8. The van der Waals surface area contributed by atoms with Crippen LogP contribution >= 0.6 is 11.8 Å². The number of amides is 2. The van der Waals surface area contributed by atoms with Crippen LogP contribution < -0.4 is 40.0 Å². The van der Waals surface area contributed by atoms with E-state index in [1.807, 2.05) is 5.32 Å². The summed E-state index contributed by atoms with van der Waals surface area (Å²) in [6.07, 6.45) is 1.08. The van der Waals surface area contributed by atoms with Gasteiger partial charge >= 0.3 is 35.5 Å². The number of carboxylic acid groups (broad SMARTS) is 1. The van der Waals surface area contributed by atoms with Crippen molar-refractivity contribution in [2.24, 2.45) is 0 Å². The van der Waals surface area contributed by atoms with Gasteiger partial charge in [0.2, 0.25) is 5.91 Å². The molecule has 1 aromatic heterocycles. The van der Waals surface area contributed by atoms with Gasteiger partial charge < -0.3 is 24.4 Å². The Labute approximate surface area is 184 Å². The number of nitrogens with one attached hydrogen (secondary N) is 1. The molecular formula is C16H14FN2NaO7S. The van der Waals surface area contributed by atoms with Gasteiger partial charge in [0.25, 0.3) is 11.7 Å². The van der Waals surface area contributed by atoms with E-state index in [4.69, 9.17) is 9.15 Å². The van der Waals surface area contributed by atoms with Crippen molar-refractivity contribution < 1.29 is 67.4 Å². The maximum Gasteiger partial charge on any atom is 1.00 e. The van der Waals surface area contributed by atoms with Crippen LogP contribution in [0.3, 0.4) is 0 Å². The molecule has 2 aliphatic rings. The van der Waals surface area contributed by atoms with Crippen LogP contribution in [0.5, 0.6) is 0 Å². The first-order valence-corrected chi connectivity index (χ1v) is 8.83. The number of ether oxygens (including phenoxy) is 1. The molecule has 0 bridgehead atoms. The number of fused-ring (bicyclic) bond motifs is 1. The quantitative estimate of drug-likeness (QED) is 0.214. The van der Waals surface area contributed by atoms with Crippen molar-refractivity contribution in [2.75, 3.05) is 12.4 Å². The van der Waals surface area contributed by atoms with Crippen LogP contribution in [-0.4, -0.2) is 52.2 Å².